The standard InChI is InChI=1S/C16H19N3O.H2/c1-4-15(11(2)20)16(17)13-7-5-6-12(8-13)14-9-18-19(3)10-14;/h5-10H,4,17H2,1-3H3;1H/b16-15-;. The molecule has 0 spiro atoms. The van der Waals surface area contributed by atoms with E-state index in [1.165, 1.54) is 0 Å². The van der Waals surface area contributed by atoms with Crippen molar-refractivity contribution in [1.29, 1.82) is 0 Å². The molecule has 1 aromatic heterocycles. The van der Waals surface area contributed by atoms with Crippen LogP contribution in [0.2, 0.25) is 0 Å². The van der Waals surface area contributed by atoms with E-state index in [2.05, 4.69) is 5.10 Å². The Morgan fingerprint density at radius 3 is 2.70 bits per heavy atom. The van der Waals surface area contributed by atoms with Crippen molar-refractivity contribution in [3.63, 3.8) is 0 Å². The van der Waals surface area contributed by atoms with E-state index >= 15 is 0 Å². The largest absolute Gasteiger partial charge is 0.398 e. The molecule has 0 unspecified atom stereocenters. The van der Waals surface area contributed by atoms with Crippen molar-refractivity contribution in [2.24, 2.45) is 12.8 Å². The number of hydrogen-bond donors (Lipinski definition) is 1. The molecule has 2 N–H and O–H groups in total. The third kappa shape index (κ3) is 2.79. The molecule has 0 bridgehead atoms. The lowest BCUT2D eigenvalue weighted by molar-refractivity contribution is -0.113. The molecule has 0 amide bonds. The summed E-state index contributed by atoms with van der Waals surface area (Å²) < 4.78 is 1.76. The van der Waals surface area contributed by atoms with Crippen molar-refractivity contribution < 1.29 is 6.22 Å². The Bertz CT molecular complexity index is 674. The molecule has 106 valence electrons. The van der Waals surface area contributed by atoms with Gasteiger partial charge in [-0.1, -0.05) is 25.1 Å². The van der Waals surface area contributed by atoms with E-state index < -0.39 is 0 Å². The summed E-state index contributed by atoms with van der Waals surface area (Å²) in [5.74, 6) is 0.0248. The number of nitrogens with zero attached hydrogens (tertiary/aromatic N) is 2. The number of allylic oxidation sites excluding steroid dienone is 1. The van der Waals surface area contributed by atoms with E-state index in [0.29, 0.717) is 17.7 Å². The third-order valence-corrected chi connectivity index (χ3v) is 3.32. The quantitative estimate of drug-likeness (QED) is 0.869. The highest BCUT2D eigenvalue weighted by atomic mass is 16.1. The lowest BCUT2D eigenvalue weighted by atomic mass is 9.99. The van der Waals surface area contributed by atoms with Crippen LogP contribution in [0.25, 0.3) is 16.8 Å². The smallest absolute Gasteiger partial charge is 0.157 e. The Morgan fingerprint density at radius 1 is 1.40 bits per heavy atom. The van der Waals surface area contributed by atoms with Crippen molar-refractivity contribution in [2.75, 3.05) is 0 Å². The number of aryl methyl sites for hydroxylation is 1. The predicted molar refractivity (Wildman–Crippen MR) is 82.8 cm³/mol. The van der Waals surface area contributed by atoms with Gasteiger partial charge in [-0.15, -0.1) is 0 Å². The van der Waals surface area contributed by atoms with Gasteiger partial charge in [-0.25, -0.2) is 0 Å². The molecule has 1 heterocycles. The second-order valence-corrected chi connectivity index (χ2v) is 4.79. The van der Waals surface area contributed by atoms with E-state index in [-0.39, 0.29) is 7.21 Å². The molecule has 0 saturated heterocycles. The molecule has 0 aliphatic rings. The topological polar surface area (TPSA) is 60.9 Å². The van der Waals surface area contributed by atoms with Crippen molar-refractivity contribution in [1.82, 2.24) is 9.78 Å². The fraction of sp³-hybridized carbons (Fsp3) is 0.250. The summed E-state index contributed by atoms with van der Waals surface area (Å²) in [5.41, 5.74) is 10.3. The number of carbonyl (C=O) groups excluding carboxylic acids is 1. The average Bonchev–Trinajstić information content (AvgIpc) is 2.86. The summed E-state index contributed by atoms with van der Waals surface area (Å²) in [7, 11) is 1.88. The SMILES string of the molecule is CC/C(C(C)=O)=C(/N)c1cccc(-c2cnn(C)c2)c1.[HH]. The molecule has 0 aliphatic carbocycles. The maximum Gasteiger partial charge on any atom is 0.157 e. The molecule has 2 aromatic rings. The van der Waals surface area contributed by atoms with Gasteiger partial charge in [0.15, 0.2) is 5.78 Å². The Kier molecular flexibility index (Phi) is 4.03. The van der Waals surface area contributed by atoms with Crippen molar-refractivity contribution >= 4 is 11.5 Å². The highest BCUT2D eigenvalue weighted by Crippen LogP contribution is 2.24. The van der Waals surface area contributed by atoms with Gasteiger partial charge in [0.1, 0.15) is 0 Å². The van der Waals surface area contributed by atoms with Crippen LogP contribution < -0.4 is 5.73 Å². The molecule has 0 fully saturated rings. The summed E-state index contributed by atoms with van der Waals surface area (Å²) in [6, 6.07) is 7.86. The number of aromatic nitrogens is 2. The summed E-state index contributed by atoms with van der Waals surface area (Å²) in [6.07, 6.45) is 4.40. The van der Waals surface area contributed by atoms with Gasteiger partial charge in [0.25, 0.3) is 0 Å². The van der Waals surface area contributed by atoms with Crippen molar-refractivity contribution in [2.45, 2.75) is 20.3 Å². The van der Waals surface area contributed by atoms with E-state index in [1.54, 1.807) is 11.6 Å². The first-order chi connectivity index (χ1) is 9.52. The summed E-state index contributed by atoms with van der Waals surface area (Å²) in [5, 5.41) is 4.17. The Balaban J connectivity index is 0.00000220. The normalized spacial score (nSPS) is 12.2. The molecule has 4 heteroatoms. The van der Waals surface area contributed by atoms with Gasteiger partial charge >= 0.3 is 0 Å². The van der Waals surface area contributed by atoms with Crippen LogP contribution in [0.1, 0.15) is 27.3 Å². The number of benzene rings is 1. The number of ketones is 1. The molecule has 0 atom stereocenters. The molecular formula is C16H21N3O. The van der Waals surface area contributed by atoms with Crippen molar-refractivity contribution in [3.8, 4) is 11.1 Å². The Morgan fingerprint density at radius 2 is 2.15 bits per heavy atom. The lowest BCUT2D eigenvalue weighted by Crippen LogP contribution is -2.07. The zero-order valence-corrected chi connectivity index (χ0v) is 12.1. The van der Waals surface area contributed by atoms with Crippen molar-refractivity contribution in [3.05, 3.63) is 47.8 Å². The maximum absolute atomic E-state index is 11.6. The summed E-state index contributed by atoms with van der Waals surface area (Å²) >= 11 is 0. The Hall–Kier alpha value is -2.36. The van der Waals surface area contributed by atoms with Gasteiger partial charge < -0.3 is 5.73 Å². The second kappa shape index (κ2) is 5.74. The van der Waals surface area contributed by atoms with Crippen LogP contribution in [0.4, 0.5) is 0 Å². The molecule has 1 aromatic carbocycles. The van der Waals surface area contributed by atoms with Gasteiger partial charge in [0.2, 0.25) is 0 Å². The fourth-order valence-corrected chi connectivity index (χ4v) is 2.24. The molecule has 2 rings (SSSR count). The molecular weight excluding hydrogens is 250 g/mol. The number of carbonyl (C=O) groups is 1. The van der Waals surface area contributed by atoms with Crippen LogP contribution in [-0.4, -0.2) is 15.6 Å². The fourth-order valence-electron chi connectivity index (χ4n) is 2.24. The second-order valence-electron chi connectivity index (χ2n) is 4.79. The minimum atomic E-state index is 0. The van der Waals surface area contributed by atoms with Gasteiger partial charge in [-0.2, -0.15) is 5.10 Å². The minimum absolute atomic E-state index is 0. The first kappa shape index (κ1) is 14.1. The maximum atomic E-state index is 11.6. The molecule has 0 saturated carbocycles. The summed E-state index contributed by atoms with van der Waals surface area (Å²) in [4.78, 5) is 11.6. The highest BCUT2D eigenvalue weighted by molar-refractivity contribution is 6.00. The number of Topliss-reactive ketones (excluding diaryl/α,β-unsaturated/α-hetero) is 1. The van der Waals surface area contributed by atoms with Gasteiger partial charge in [-0.05, 0) is 30.5 Å². The highest BCUT2D eigenvalue weighted by Gasteiger charge is 2.10. The minimum Gasteiger partial charge on any atom is -0.398 e. The molecule has 20 heavy (non-hydrogen) atoms. The van der Waals surface area contributed by atoms with Crippen LogP contribution >= 0.6 is 0 Å². The summed E-state index contributed by atoms with van der Waals surface area (Å²) in [6.45, 7) is 3.49. The number of hydrogen-bond acceptors (Lipinski definition) is 3. The lowest BCUT2D eigenvalue weighted by Gasteiger charge is -2.09. The number of nitrogens with two attached hydrogens (primary N) is 1. The van der Waals surface area contributed by atoms with E-state index in [9.17, 15) is 4.79 Å². The van der Waals surface area contributed by atoms with E-state index in [0.717, 1.165) is 16.7 Å². The first-order valence-corrected chi connectivity index (χ1v) is 6.62. The van der Waals surface area contributed by atoms with Crippen LogP contribution in [0.5, 0.6) is 0 Å². The molecule has 0 aliphatic heterocycles. The zero-order chi connectivity index (χ0) is 14.7. The number of rotatable bonds is 4. The van der Waals surface area contributed by atoms with E-state index in [1.807, 2.05) is 50.6 Å². The van der Waals surface area contributed by atoms with Gasteiger partial charge in [-0.3, -0.25) is 9.48 Å². The molecule has 0 radical (unpaired) electrons. The van der Waals surface area contributed by atoms with Crippen LogP contribution in [0, 0.1) is 0 Å². The van der Waals surface area contributed by atoms with E-state index in [4.69, 9.17) is 5.73 Å². The zero-order valence-electron chi connectivity index (χ0n) is 12.1. The van der Waals surface area contributed by atoms with Crippen LogP contribution in [0.3, 0.4) is 0 Å². The van der Waals surface area contributed by atoms with Crippen LogP contribution in [0.15, 0.2) is 42.2 Å². The van der Waals surface area contributed by atoms with Crippen LogP contribution in [-0.2, 0) is 11.8 Å². The monoisotopic (exact) mass is 271 g/mol. The first-order valence-electron chi connectivity index (χ1n) is 6.62. The van der Waals surface area contributed by atoms with Gasteiger partial charge in [0, 0.05) is 31.5 Å². The third-order valence-electron chi connectivity index (χ3n) is 3.32. The predicted octanol–water partition coefficient (Wildman–Crippen LogP) is 3.00. The van der Waals surface area contributed by atoms with Gasteiger partial charge in [0.05, 0.1) is 6.20 Å². The average molecular weight is 271 g/mol. The Labute approximate surface area is 120 Å². The molecule has 4 nitrogen and oxygen atoms in total.